The van der Waals surface area contributed by atoms with E-state index in [0.717, 1.165) is 19.8 Å². The third-order valence-electron chi connectivity index (χ3n) is 4.56. The number of nitrogens with zero attached hydrogens (tertiary/aromatic N) is 1. The van der Waals surface area contributed by atoms with E-state index in [1.807, 2.05) is 0 Å². The fourth-order valence-corrected chi connectivity index (χ4v) is 3.35. The minimum absolute atomic E-state index is 0.471. The molecule has 2 heterocycles. The van der Waals surface area contributed by atoms with Crippen LogP contribution in [0.1, 0.15) is 45.4 Å². The third-order valence-corrected chi connectivity index (χ3v) is 4.56. The molecule has 0 atom stereocenters. The number of hydrogen-bond donors (Lipinski definition) is 1. The smallest absolute Gasteiger partial charge is 0.0472 e. The highest BCUT2D eigenvalue weighted by atomic mass is 16.5. The quantitative estimate of drug-likeness (QED) is 0.814. The van der Waals surface area contributed by atoms with Crippen LogP contribution in [-0.4, -0.2) is 50.8 Å². The minimum Gasteiger partial charge on any atom is -0.381 e. The van der Waals surface area contributed by atoms with E-state index in [2.05, 4.69) is 17.1 Å². The molecule has 106 valence electrons. The second-order valence-corrected chi connectivity index (χ2v) is 6.08. The van der Waals surface area contributed by atoms with Crippen molar-refractivity contribution in [2.45, 2.75) is 45.4 Å². The van der Waals surface area contributed by atoms with Crippen LogP contribution in [0.25, 0.3) is 0 Å². The van der Waals surface area contributed by atoms with Gasteiger partial charge in [-0.1, -0.05) is 19.8 Å². The number of likely N-dealkylation sites (tertiary alicyclic amines) is 1. The number of nitrogens with one attached hydrogen (secondary N) is 1. The van der Waals surface area contributed by atoms with E-state index in [9.17, 15) is 0 Å². The van der Waals surface area contributed by atoms with Crippen molar-refractivity contribution in [3.8, 4) is 0 Å². The Labute approximate surface area is 112 Å². The average Bonchev–Trinajstić information content (AvgIpc) is 2.66. The maximum atomic E-state index is 5.57. The molecule has 0 amide bonds. The second-order valence-electron chi connectivity index (χ2n) is 6.08. The molecule has 1 N–H and O–H groups in total. The van der Waals surface area contributed by atoms with Gasteiger partial charge in [-0.2, -0.15) is 0 Å². The summed E-state index contributed by atoms with van der Waals surface area (Å²) in [6.45, 7) is 10.3. The summed E-state index contributed by atoms with van der Waals surface area (Å²) in [7, 11) is 0. The highest BCUT2D eigenvalue weighted by Crippen LogP contribution is 2.31. The molecule has 18 heavy (non-hydrogen) atoms. The van der Waals surface area contributed by atoms with E-state index in [-0.39, 0.29) is 0 Å². The summed E-state index contributed by atoms with van der Waals surface area (Å²) in [6, 6.07) is 0. The molecule has 2 saturated heterocycles. The summed E-state index contributed by atoms with van der Waals surface area (Å²) in [5.41, 5.74) is 0.471. The van der Waals surface area contributed by atoms with Crippen LogP contribution in [0.2, 0.25) is 0 Å². The molecule has 0 aromatic carbocycles. The van der Waals surface area contributed by atoms with Gasteiger partial charge in [-0.15, -0.1) is 0 Å². The molecule has 0 aromatic rings. The van der Waals surface area contributed by atoms with E-state index in [1.54, 1.807) is 0 Å². The van der Waals surface area contributed by atoms with Gasteiger partial charge in [0.05, 0.1) is 0 Å². The van der Waals surface area contributed by atoms with Gasteiger partial charge in [0.2, 0.25) is 0 Å². The van der Waals surface area contributed by atoms with Gasteiger partial charge in [0.25, 0.3) is 0 Å². The highest BCUT2D eigenvalue weighted by molar-refractivity contribution is 4.87. The van der Waals surface area contributed by atoms with Crippen LogP contribution < -0.4 is 5.32 Å². The zero-order chi connectivity index (χ0) is 12.7. The normalized spacial score (nSPS) is 25.8. The van der Waals surface area contributed by atoms with Gasteiger partial charge in [0.15, 0.2) is 0 Å². The van der Waals surface area contributed by atoms with Crippen molar-refractivity contribution in [3.63, 3.8) is 0 Å². The van der Waals surface area contributed by atoms with Crippen molar-refractivity contribution in [2.75, 3.05) is 45.9 Å². The van der Waals surface area contributed by atoms with E-state index in [0.29, 0.717) is 5.41 Å². The van der Waals surface area contributed by atoms with Crippen molar-refractivity contribution in [1.29, 1.82) is 0 Å². The molecule has 3 heteroatoms. The molecule has 2 aliphatic rings. The fraction of sp³-hybridized carbons (Fsp3) is 1.00. The summed E-state index contributed by atoms with van der Waals surface area (Å²) in [5.74, 6) is 0. The topological polar surface area (TPSA) is 24.5 Å². The zero-order valence-electron chi connectivity index (χ0n) is 12.0. The van der Waals surface area contributed by atoms with Gasteiger partial charge >= 0.3 is 0 Å². The lowest BCUT2D eigenvalue weighted by Crippen LogP contribution is -2.47. The van der Waals surface area contributed by atoms with Crippen LogP contribution in [0.3, 0.4) is 0 Å². The first kappa shape index (κ1) is 14.3. The van der Waals surface area contributed by atoms with Crippen LogP contribution in [0.4, 0.5) is 0 Å². The van der Waals surface area contributed by atoms with E-state index >= 15 is 0 Å². The van der Waals surface area contributed by atoms with E-state index in [1.165, 1.54) is 64.7 Å². The highest BCUT2D eigenvalue weighted by Gasteiger charge is 2.34. The molecule has 2 aliphatic heterocycles. The zero-order valence-corrected chi connectivity index (χ0v) is 12.0. The number of ether oxygens (including phenoxy) is 1. The first-order valence-corrected chi connectivity index (χ1v) is 7.85. The average molecular weight is 254 g/mol. The van der Waals surface area contributed by atoms with Gasteiger partial charge in [-0.05, 0) is 50.7 Å². The van der Waals surface area contributed by atoms with E-state index < -0.39 is 0 Å². The molecule has 2 rings (SSSR count). The Hall–Kier alpha value is -0.120. The predicted molar refractivity (Wildman–Crippen MR) is 75.9 cm³/mol. The molecular weight excluding hydrogens is 224 g/mol. The molecular formula is C15H30N2O. The van der Waals surface area contributed by atoms with Crippen molar-refractivity contribution < 1.29 is 4.74 Å². The molecule has 0 aliphatic carbocycles. The van der Waals surface area contributed by atoms with Gasteiger partial charge < -0.3 is 15.0 Å². The van der Waals surface area contributed by atoms with Gasteiger partial charge in [0, 0.05) is 26.3 Å². The third kappa shape index (κ3) is 4.22. The van der Waals surface area contributed by atoms with Crippen LogP contribution in [0.15, 0.2) is 0 Å². The summed E-state index contributed by atoms with van der Waals surface area (Å²) >= 11 is 0. The Morgan fingerprint density at radius 1 is 1.06 bits per heavy atom. The molecule has 2 fully saturated rings. The molecule has 0 unspecified atom stereocenters. The largest absolute Gasteiger partial charge is 0.381 e. The van der Waals surface area contributed by atoms with Gasteiger partial charge in [0.1, 0.15) is 0 Å². The second kappa shape index (κ2) is 7.46. The summed E-state index contributed by atoms with van der Waals surface area (Å²) in [6.07, 6.45) is 8.12. The SMILES string of the molecule is CCNCC1(CN2CCCCCC2)CCOCC1. The van der Waals surface area contributed by atoms with Crippen molar-refractivity contribution in [3.05, 3.63) is 0 Å². The molecule has 0 spiro atoms. The predicted octanol–water partition coefficient (Wildman–Crippen LogP) is 2.27. The molecule has 0 saturated carbocycles. The molecule has 0 radical (unpaired) electrons. The van der Waals surface area contributed by atoms with Crippen LogP contribution in [0.5, 0.6) is 0 Å². The lowest BCUT2D eigenvalue weighted by molar-refractivity contribution is -0.00366. The van der Waals surface area contributed by atoms with Gasteiger partial charge in [-0.3, -0.25) is 0 Å². The summed E-state index contributed by atoms with van der Waals surface area (Å²) in [5, 5.41) is 3.58. The van der Waals surface area contributed by atoms with Gasteiger partial charge in [-0.25, -0.2) is 0 Å². The first-order chi connectivity index (χ1) is 8.85. The molecule has 3 nitrogen and oxygen atoms in total. The monoisotopic (exact) mass is 254 g/mol. The fourth-order valence-electron chi connectivity index (χ4n) is 3.35. The minimum atomic E-state index is 0.471. The number of hydrogen-bond acceptors (Lipinski definition) is 3. The van der Waals surface area contributed by atoms with Crippen LogP contribution >= 0.6 is 0 Å². The Balaban J connectivity index is 1.90. The Morgan fingerprint density at radius 2 is 1.72 bits per heavy atom. The van der Waals surface area contributed by atoms with Crippen molar-refractivity contribution >= 4 is 0 Å². The standard InChI is InChI=1S/C15H30N2O/c1-2-16-13-15(7-11-18-12-8-15)14-17-9-5-3-4-6-10-17/h16H,2-14H2,1H3. The first-order valence-electron chi connectivity index (χ1n) is 7.85. The Kier molecular flexibility index (Phi) is 5.93. The summed E-state index contributed by atoms with van der Waals surface area (Å²) < 4.78 is 5.57. The summed E-state index contributed by atoms with van der Waals surface area (Å²) in [4.78, 5) is 2.72. The lowest BCUT2D eigenvalue weighted by Gasteiger charge is -2.41. The maximum absolute atomic E-state index is 5.57. The van der Waals surface area contributed by atoms with E-state index in [4.69, 9.17) is 4.74 Å². The van der Waals surface area contributed by atoms with Crippen LogP contribution in [-0.2, 0) is 4.74 Å². The molecule has 0 aromatic heterocycles. The Morgan fingerprint density at radius 3 is 2.33 bits per heavy atom. The van der Waals surface area contributed by atoms with Crippen molar-refractivity contribution in [1.82, 2.24) is 10.2 Å². The number of rotatable bonds is 5. The molecule has 0 bridgehead atoms. The van der Waals surface area contributed by atoms with Crippen molar-refractivity contribution in [2.24, 2.45) is 5.41 Å². The lowest BCUT2D eigenvalue weighted by atomic mass is 9.79. The Bertz CT molecular complexity index is 219. The maximum Gasteiger partial charge on any atom is 0.0472 e. The van der Waals surface area contributed by atoms with Crippen LogP contribution in [0, 0.1) is 5.41 Å².